The molecule has 0 aromatic carbocycles. The zero-order valence-corrected chi connectivity index (χ0v) is 17.8. The number of rotatable bonds is 4. The molecule has 29 heavy (non-hydrogen) atoms. The number of aromatic nitrogens is 3. The normalized spacial score (nSPS) is 21.1. The number of hydrogen-bond donors (Lipinski definition) is 3. The van der Waals surface area contributed by atoms with Gasteiger partial charge in [0.25, 0.3) is 0 Å². The summed E-state index contributed by atoms with van der Waals surface area (Å²) in [5.41, 5.74) is 13.5. The van der Waals surface area contributed by atoms with Crippen LogP contribution in [0, 0.1) is 12.3 Å². The van der Waals surface area contributed by atoms with E-state index in [1.807, 2.05) is 6.92 Å². The van der Waals surface area contributed by atoms with Crippen molar-refractivity contribution < 1.29 is 9.84 Å². The van der Waals surface area contributed by atoms with Gasteiger partial charge in [-0.1, -0.05) is 23.4 Å². The first-order valence-corrected chi connectivity index (χ1v) is 10.8. The first kappa shape index (κ1) is 20.6. The van der Waals surface area contributed by atoms with Crippen LogP contribution in [0.25, 0.3) is 0 Å². The van der Waals surface area contributed by atoms with Gasteiger partial charge in [-0.3, -0.25) is 0 Å². The Bertz CT molecular complexity index is 907. The van der Waals surface area contributed by atoms with Crippen LogP contribution in [0.2, 0.25) is 5.02 Å². The maximum Gasteiger partial charge on any atom is 0.153 e. The Balaban J connectivity index is 1.56. The van der Waals surface area contributed by atoms with E-state index in [-0.39, 0.29) is 23.9 Å². The molecule has 8 nitrogen and oxygen atoms in total. The molecule has 10 heteroatoms. The van der Waals surface area contributed by atoms with Gasteiger partial charge < -0.3 is 26.2 Å². The van der Waals surface area contributed by atoms with Gasteiger partial charge in [0, 0.05) is 35.6 Å². The monoisotopic (exact) mass is 436 g/mol. The number of pyridine rings is 1. The lowest BCUT2D eigenvalue weighted by Crippen LogP contribution is -2.49. The van der Waals surface area contributed by atoms with E-state index in [4.69, 9.17) is 32.8 Å². The van der Waals surface area contributed by atoms with E-state index < -0.39 is 0 Å². The Morgan fingerprint density at radius 1 is 1.38 bits per heavy atom. The Hall–Kier alpha value is -1.65. The number of hydrogen-bond acceptors (Lipinski definition) is 9. The third-order valence-corrected chi connectivity index (χ3v) is 7.50. The number of aliphatic hydroxyl groups excluding tert-OH is 1. The third kappa shape index (κ3) is 3.89. The summed E-state index contributed by atoms with van der Waals surface area (Å²) >= 11 is 7.63. The topological polar surface area (TPSA) is 123 Å². The van der Waals surface area contributed by atoms with E-state index in [1.54, 1.807) is 12.3 Å². The number of aryl methyl sites for hydroxylation is 1. The molecule has 0 unspecified atom stereocenters. The van der Waals surface area contributed by atoms with Crippen molar-refractivity contribution in [3.05, 3.63) is 28.7 Å². The fraction of sp³-hybridized carbons (Fsp3) is 0.526. The molecule has 1 atom stereocenters. The van der Waals surface area contributed by atoms with Crippen molar-refractivity contribution in [3.8, 4) is 0 Å². The highest BCUT2D eigenvalue weighted by Gasteiger charge is 2.44. The zero-order valence-electron chi connectivity index (χ0n) is 16.3. The molecule has 2 fully saturated rings. The maximum atomic E-state index is 9.94. The first-order valence-electron chi connectivity index (χ1n) is 9.58. The molecule has 0 saturated carbocycles. The van der Waals surface area contributed by atoms with Gasteiger partial charge in [-0.2, -0.15) is 0 Å². The summed E-state index contributed by atoms with van der Waals surface area (Å²) < 4.78 is 5.61. The summed E-state index contributed by atoms with van der Waals surface area (Å²) in [5.74, 6) is 1.01. The quantitative estimate of drug-likeness (QED) is 0.659. The molecule has 2 saturated heterocycles. The molecule has 0 amide bonds. The lowest BCUT2D eigenvalue weighted by Gasteiger charge is -2.41. The highest BCUT2D eigenvalue weighted by Crippen LogP contribution is 2.41. The van der Waals surface area contributed by atoms with Gasteiger partial charge in [-0.25, -0.2) is 15.0 Å². The molecule has 2 aromatic heterocycles. The van der Waals surface area contributed by atoms with Gasteiger partial charge >= 0.3 is 0 Å². The van der Waals surface area contributed by atoms with Gasteiger partial charge in [0.2, 0.25) is 0 Å². The number of anilines is 2. The minimum atomic E-state index is -0.188. The van der Waals surface area contributed by atoms with Crippen LogP contribution in [0.3, 0.4) is 0 Å². The van der Waals surface area contributed by atoms with Crippen LogP contribution in [0.4, 0.5) is 11.6 Å². The van der Waals surface area contributed by atoms with Crippen LogP contribution < -0.4 is 16.4 Å². The molecule has 5 N–H and O–H groups in total. The molecular formula is C19H25ClN6O2S. The van der Waals surface area contributed by atoms with Gasteiger partial charge in [0.1, 0.15) is 16.5 Å². The van der Waals surface area contributed by atoms with Gasteiger partial charge in [-0.15, -0.1) is 0 Å². The van der Waals surface area contributed by atoms with Crippen molar-refractivity contribution in [2.24, 2.45) is 11.1 Å². The number of aliphatic hydroxyl groups is 1. The molecule has 0 bridgehead atoms. The lowest BCUT2D eigenvalue weighted by molar-refractivity contribution is 0.131. The minimum absolute atomic E-state index is 0.0617. The van der Waals surface area contributed by atoms with Crippen molar-refractivity contribution in [2.75, 3.05) is 36.9 Å². The Kier molecular flexibility index (Phi) is 5.85. The predicted octanol–water partition coefficient (Wildman–Crippen LogP) is 2.00. The standard InChI is InChI=1S/C19H25ClN6O2S/c1-11-18(29-13-2-5-23-16(22)15(13)20)25-12(8-27)17(24-11)26-6-3-19(4-7-26)10-28-9-14(19)21/h2,5,14,27H,3-4,6-10,21H2,1H3,(H2,22,23)/t14-/m1/s1. The SMILES string of the molecule is Cc1nc(N2CCC3(CC2)COC[C@H]3N)c(CO)nc1Sc1ccnc(N)c1Cl. The van der Waals surface area contributed by atoms with Crippen molar-refractivity contribution >= 4 is 35.0 Å². The summed E-state index contributed by atoms with van der Waals surface area (Å²) in [6.45, 7) is 4.71. The smallest absolute Gasteiger partial charge is 0.153 e. The summed E-state index contributed by atoms with van der Waals surface area (Å²) in [6, 6.07) is 1.87. The Morgan fingerprint density at radius 2 is 2.14 bits per heavy atom. The number of ether oxygens (including phenoxy) is 1. The summed E-state index contributed by atoms with van der Waals surface area (Å²) in [5, 5.41) is 11.0. The second-order valence-electron chi connectivity index (χ2n) is 7.62. The van der Waals surface area contributed by atoms with Crippen molar-refractivity contribution in [3.63, 3.8) is 0 Å². The summed E-state index contributed by atoms with van der Waals surface area (Å²) in [6.07, 6.45) is 3.50. The van der Waals surface area contributed by atoms with Gasteiger partial charge in [0.05, 0.1) is 30.5 Å². The van der Waals surface area contributed by atoms with Crippen LogP contribution in [-0.2, 0) is 11.3 Å². The van der Waals surface area contributed by atoms with E-state index in [0.717, 1.165) is 48.9 Å². The highest BCUT2D eigenvalue weighted by atomic mass is 35.5. The van der Waals surface area contributed by atoms with Crippen molar-refractivity contribution in [1.82, 2.24) is 15.0 Å². The number of nitrogen functional groups attached to an aromatic ring is 1. The highest BCUT2D eigenvalue weighted by molar-refractivity contribution is 7.99. The summed E-state index contributed by atoms with van der Waals surface area (Å²) in [7, 11) is 0. The minimum Gasteiger partial charge on any atom is -0.390 e. The molecule has 2 aliphatic heterocycles. The molecule has 0 aliphatic carbocycles. The molecule has 4 heterocycles. The van der Waals surface area contributed by atoms with E-state index >= 15 is 0 Å². The van der Waals surface area contributed by atoms with Crippen molar-refractivity contribution in [2.45, 2.75) is 42.3 Å². The second kappa shape index (κ2) is 8.23. The number of piperidine rings is 1. The second-order valence-corrected chi connectivity index (χ2v) is 9.03. The van der Waals surface area contributed by atoms with E-state index in [0.29, 0.717) is 22.3 Å². The molecule has 2 aromatic rings. The van der Waals surface area contributed by atoms with Crippen LogP contribution in [0.5, 0.6) is 0 Å². The molecule has 4 rings (SSSR count). The van der Waals surface area contributed by atoms with Crippen LogP contribution in [0.1, 0.15) is 24.2 Å². The maximum absolute atomic E-state index is 9.94. The van der Waals surface area contributed by atoms with Gasteiger partial charge in [0.15, 0.2) is 5.82 Å². The number of nitrogens with two attached hydrogens (primary N) is 2. The van der Waals surface area contributed by atoms with Crippen LogP contribution >= 0.6 is 23.4 Å². The lowest BCUT2D eigenvalue weighted by atomic mass is 9.75. The van der Waals surface area contributed by atoms with Crippen molar-refractivity contribution in [1.29, 1.82) is 0 Å². The average Bonchev–Trinajstić information content (AvgIpc) is 3.07. The Morgan fingerprint density at radius 3 is 2.79 bits per heavy atom. The summed E-state index contributed by atoms with van der Waals surface area (Å²) in [4.78, 5) is 16.4. The fourth-order valence-electron chi connectivity index (χ4n) is 3.96. The molecule has 0 radical (unpaired) electrons. The van der Waals surface area contributed by atoms with E-state index in [2.05, 4.69) is 14.9 Å². The van der Waals surface area contributed by atoms with E-state index in [9.17, 15) is 5.11 Å². The molecule has 2 aliphatic rings. The molecular weight excluding hydrogens is 412 g/mol. The fourth-order valence-corrected chi connectivity index (χ4v) is 5.06. The Labute approximate surface area is 179 Å². The molecule has 156 valence electrons. The molecule has 1 spiro atoms. The third-order valence-electron chi connectivity index (χ3n) is 5.85. The van der Waals surface area contributed by atoms with Crippen LogP contribution in [-0.4, -0.2) is 52.4 Å². The van der Waals surface area contributed by atoms with Gasteiger partial charge in [-0.05, 0) is 25.8 Å². The average molecular weight is 437 g/mol. The zero-order chi connectivity index (χ0) is 20.6. The predicted molar refractivity (Wildman–Crippen MR) is 113 cm³/mol. The van der Waals surface area contributed by atoms with Crippen LogP contribution in [0.15, 0.2) is 22.2 Å². The van der Waals surface area contributed by atoms with E-state index in [1.165, 1.54) is 11.8 Å². The number of nitrogens with zero attached hydrogens (tertiary/aromatic N) is 4. The number of halogens is 1. The largest absolute Gasteiger partial charge is 0.390 e. The first-order chi connectivity index (χ1) is 13.9.